The van der Waals surface area contributed by atoms with E-state index in [0.717, 1.165) is 16.8 Å². The van der Waals surface area contributed by atoms with Crippen molar-refractivity contribution in [1.82, 2.24) is 10.1 Å². The Morgan fingerprint density at radius 2 is 2.19 bits per heavy atom. The number of aromatic nitrogens is 2. The fourth-order valence-electron chi connectivity index (χ4n) is 1.91. The van der Waals surface area contributed by atoms with Crippen LogP contribution in [0.5, 0.6) is 0 Å². The highest BCUT2D eigenvalue weighted by atomic mass is 32.2. The molecule has 0 aromatic carbocycles. The maximum absolute atomic E-state index is 8.48. The topological polar surface area (TPSA) is 62.7 Å². The first-order valence-electron chi connectivity index (χ1n) is 5.68. The predicted octanol–water partition coefficient (Wildman–Crippen LogP) is 2.70. The molecular weight excluding hydrogens is 222 g/mol. The fraction of sp³-hybridized carbons (Fsp3) is 0.727. The van der Waals surface area contributed by atoms with Gasteiger partial charge in [0.05, 0.1) is 11.8 Å². The second-order valence-electron chi connectivity index (χ2n) is 4.01. The van der Waals surface area contributed by atoms with Crippen LogP contribution in [0, 0.1) is 11.3 Å². The second-order valence-corrected chi connectivity index (χ2v) is 5.30. The molecule has 2 rings (SSSR count). The number of rotatable bonds is 4. The highest BCUT2D eigenvalue weighted by Gasteiger charge is 2.15. The van der Waals surface area contributed by atoms with E-state index in [1.807, 2.05) is 17.8 Å². The van der Waals surface area contributed by atoms with E-state index >= 15 is 0 Å². The molecule has 0 unspecified atom stereocenters. The van der Waals surface area contributed by atoms with E-state index in [9.17, 15) is 0 Å². The van der Waals surface area contributed by atoms with Crippen molar-refractivity contribution in [3.05, 3.63) is 11.7 Å². The minimum Gasteiger partial charge on any atom is -0.338 e. The van der Waals surface area contributed by atoms with E-state index in [1.165, 1.54) is 32.1 Å². The lowest BCUT2D eigenvalue weighted by molar-refractivity contribution is 0.383. The zero-order valence-electron chi connectivity index (χ0n) is 9.19. The van der Waals surface area contributed by atoms with E-state index in [1.54, 1.807) is 0 Å². The maximum atomic E-state index is 8.48. The molecule has 0 spiro atoms. The van der Waals surface area contributed by atoms with Gasteiger partial charge in [0.1, 0.15) is 6.42 Å². The van der Waals surface area contributed by atoms with Gasteiger partial charge in [0.2, 0.25) is 5.89 Å². The van der Waals surface area contributed by atoms with Crippen molar-refractivity contribution in [2.45, 2.75) is 49.5 Å². The largest absolute Gasteiger partial charge is 0.338 e. The minimum atomic E-state index is 0.209. The first-order chi connectivity index (χ1) is 7.88. The molecule has 0 radical (unpaired) electrons. The molecule has 0 amide bonds. The lowest BCUT2D eigenvalue weighted by Crippen LogP contribution is -2.08. The van der Waals surface area contributed by atoms with Gasteiger partial charge in [-0.1, -0.05) is 24.4 Å². The fourth-order valence-corrected chi connectivity index (χ4v) is 3.08. The molecule has 1 saturated carbocycles. The average Bonchev–Trinajstić information content (AvgIpc) is 2.76. The van der Waals surface area contributed by atoms with Crippen molar-refractivity contribution in [3.8, 4) is 6.07 Å². The number of hydrogen-bond acceptors (Lipinski definition) is 5. The second kappa shape index (κ2) is 5.90. The summed E-state index contributed by atoms with van der Waals surface area (Å²) in [6.07, 6.45) is 6.92. The zero-order chi connectivity index (χ0) is 11.2. The molecule has 1 aromatic heterocycles. The lowest BCUT2D eigenvalue weighted by atomic mass is 10.0. The third-order valence-electron chi connectivity index (χ3n) is 2.74. The SMILES string of the molecule is N#CCc1nc(CSC2CCCCC2)no1. The Balaban J connectivity index is 1.77. The monoisotopic (exact) mass is 237 g/mol. The Kier molecular flexibility index (Phi) is 4.23. The minimum absolute atomic E-state index is 0.209. The smallest absolute Gasteiger partial charge is 0.240 e. The van der Waals surface area contributed by atoms with Gasteiger partial charge in [-0.25, -0.2) is 0 Å². The van der Waals surface area contributed by atoms with Gasteiger partial charge < -0.3 is 4.52 Å². The summed E-state index contributed by atoms with van der Waals surface area (Å²) >= 11 is 1.91. The van der Waals surface area contributed by atoms with Gasteiger partial charge in [0.25, 0.3) is 0 Å². The van der Waals surface area contributed by atoms with Crippen molar-refractivity contribution < 1.29 is 4.52 Å². The Hall–Kier alpha value is -1.02. The van der Waals surface area contributed by atoms with Crippen LogP contribution in [-0.2, 0) is 12.2 Å². The van der Waals surface area contributed by atoms with Crippen LogP contribution in [0.2, 0.25) is 0 Å². The third-order valence-corrected chi connectivity index (χ3v) is 4.11. The van der Waals surface area contributed by atoms with Crippen LogP contribution in [0.3, 0.4) is 0 Å². The van der Waals surface area contributed by atoms with Crippen LogP contribution in [0.25, 0.3) is 0 Å². The predicted molar refractivity (Wildman–Crippen MR) is 61.8 cm³/mol. The molecule has 1 fully saturated rings. The molecule has 16 heavy (non-hydrogen) atoms. The third kappa shape index (κ3) is 3.24. The molecule has 86 valence electrons. The summed E-state index contributed by atoms with van der Waals surface area (Å²) in [6, 6.07) is 2.00. The molecule has 1 aliphatic carbocycles. The molecule has 1 aliphatic rings. The number of hydrogen-bond donors (Lipinski definition) is 0. The van der Waals surface area contributed by atoms with E-state index in [0.29, 0.717) is 5.89 Å². The van der Waals surface area contributed by atoms with Crippen LogP contribution >= 0.6 is 11.8 Å². The van der Waals surface area contributed by atoms with Crippen LogP contribution in [0.1, 0.15) is 43.8 Å². The van der Waals surface area contributed by atoms with Gasteiger partial charge in [-0.15, -0.1) is 0 Å². The van der Waals surface area contributed by atoms with E-state index in [-0.39, 0.29) is 6.42 Å². The molecule has 5 heteroatoms. The Bertz CT molecular complexity index is 366. The van der Waals surface area contributed by atoms with Crippen molar-refractivity contribution in [3.63, 3.8) is 0 Å². The molecular formula is C11H15N3OS. The molecule has 0 atom stereocenters. The summed E-state index contributed by atoms with van der Waals surface area (Å²) in [7, 11) is 0. The van der Waals surface area contributed by atoms with Crippen LogP contribution in [-0.4, -0.2) is 15.4 Å². The van der Waals surface area contributed by atoms with Crippen LogP contribution < -0.4 is 0 Å². The average molecular weight is 237 g/mol. The van der Waals surface area contributed by atoms with Crippen molar-refractivity contribution in [2.75, 3.05) is 0 Å². The quantitative estimate of drug-likeness (QED) is 0.805. The van der Waals surface area contributed by atoms with Crippen molar-refractivity contribution >= 4 is 11.8 Å². The van der Waals surface area contributed by atoms with Gasteiger partial charge in [-0.2, -0.15) is 22.0 Å². The van der Waals surface area contributed by atoms with Gasteiger partial charge in [-0.3, -0.25) is 0 Å². The van der Waals surface area contributed by atoms with Crippen molar-refractivity contribution in [2.24, 2.45) is 0 Å². The van der Waals surface area contributed by atoms with Gasteiger partial charge in [-0.05, 0) is 12.8 Å². The molecule has 4 nitrogen and oxygen atoms in total. The maximum Gasteiger partial charge on any atom is 0.240 e. The first kappa shape index (κ1) is 11.5. The van der Waals surface area contributed by atoms with E-state index in [4.69, 9.17) is 9.78 Å². The molecule has 0 saturated heterocycles. The van der Waals surface area contributed by atoms with Gasteiger partial charge >= 0.3 is 0 Å². The van der Waals surface area contributed by atoms with Gasteiger partial charge in [0.15, 0.2) is 5.82 Å². The summed E-state index contributed by atoms with van der Waals surface area (Å²) in [6.45, 7) is 0. The van der Waals surface area contributed by atoms with Gasteiger partial charge in [0, 0.05) is 5.25 Å². The summed E-state index contributed by atoms with van der Waals surface area (Å²) in [5.41, 5.74) is 0. The van der Waals surface area contributed by atoms with Crippen LogP contribution in [0.15, 0.2) is 4.52 Å². The summed E-state index contributed by atoms with van der Waals surface area (Å²) in [4.78, 5) is 4.16. The Morgan fingerprint density at radius 1 is 1.38 bits per heavy atom. The number of nitrogens with zero attached hydrogens (tertiary/aromatic N) is 3. The van der Waals surface area contributed by atoms with Crippen molar-refractivity contribution in [1.29, 1.82) is 5.26 Å². The zero-order valence-corrected chi connectivity index (χ0v) is 10.0. The van der Waals surface area contributed by atoms with Crippen LogP contribution in [0.4, 0.5) is 0 Å². The first-order valence-corrected chi connectivity index (χ1v) is 6.73. The summed E-state index contributed by atoms with van der Waals surface area (Å²) in [5.74, 6) is 1.96. The molecule has 0 aliphatic heterocycles. The molecule has 1 heterocycles. The Morgan fingerprint density at radius 3 is 2.94 bits per heavy atom. The standard InChI is InChI=1S/C11H15N3OS/c12-7-6-11-13-10(14-15-11)8-16-9-4-2-1-3-5-9/h9H,1-6,8H2. The lowest BCUT2D eigenvalue weighted by Gasteiger charge is -2.19. The highest BCUT2D eigenvalue weighted by molar-refractivity contribution is 7.99. The summed E-state index contributed by atoms with van der Waals surface area (Å²) in [5, 5.41) is 13.1. The molecule has 0 bridgehead atoms. The number of thioether (sulfide) groups is 1. The van der Waals surface area contributed by atoms with E-state index in [2.05, 4.69) is 10.1 Å². The number of nitriles is 1. The normalized spacial score (nSPS) is 17.2. The summed E-state index contributed by atoms with van der Waals surface area (Å²) < 4.78 is 4.95. The highest BCUT2D eigenvalue weighted by Crippen LogP contribution is 2.29. The molecule has 1 aromatic rings. The Labute approximate surface area is 99.4 Å². The van der Waals surface area contributed by atoms with E-state index < -0.39 is 0 Å². The molecule has 0 N–H and O–H groups in total.